The van der Waals surface area contributed by atoms with Crippen LogP contribution in [0.1, 0.15) is 41.1 Å². The van der Waals surface area contributed by atoms with Gasteiger partial charge in [-0.25, -0.2) is 0 Å². The second-order valence-corrected chi connectivity index (χ2v) is 5.80. The maximum absolute atomic E-state index is 9.86. The summed E-state index contributed by atoms with van der Waals surface area (Å²) in [5.74, 6) is 0.430. The third-order valence-corrected chi connectivity index (χ3v) is 4.36. The molecule has 0 aromatic heterocycles. The Balaban J connectivity index is 1.48. The predicted molar refractivity (Wildman–Crippen MR) is 86.6 cm³/mol. The van der Waals surface area contributed by atoms with E-state index in [-0.39, 0.29) is 0 Å². The number of nitrogens with one attached hydrogen (secondary N) is 1. The van der Waals surface area contributed by atoms with Gasteiger partial charge in [0, 0.05) is 6.04 Å². The number of phenolic OH excluding ortho intramolecular Hbond substituents is 1. The van der Waals surface area contributed by atoms with Crippen LogP contribution in [0, 0.1) is 11.3 Å². The van der Waals surface area contributed by atoms with Crippen LogP contribution in [0.2, 0.25) is 0 Å². The summed E-state index contributed by atoms with van der Waals surface area (Å²) in [7, 11) is 0. The van der Waals surface area contributed by atoms with Crippen molar-refractivity contribution < 1.29 is 5.11 Å². The number of hydrogen-bond acceptors (Lipinski definition) is 3. The van der Waals surface area contributed by atoms with Gasteiger partial charge in [0.05, 0.1) is 11.6 Å². The molecule has 0 spiro atoms. The molecule has 0 saturated carbocycles. The molecule has 0 amide bonds. The number of rotatable bonds is 5. The lowest BCUT2D eigenvalue weighted by Crippen LogP contribution is -2.20. The Kier molecular flexibility index (Phi) is 4.41. The van der Waals surface area contributed by atoms with E-state index in [9.17, 15) is 5.11 Å². The van der Waals surface area contributed by atoms with Gasteiger partial charge in [0.1, 0.15) is 5.75 Å². The van der Waals surface area contributed by atoms with Gasteiger partial charge in [0.25, 0.3) is 0 Å². The Hall–Kier alpha value is -2.31. The van der Waals surface area contributed by atoms with Crippen LogP contribution >= 0.6 is 0 Å². The topological polar surface area (TPSA) is 56.0 Å². The van der Waals surface area contributed by atoms with Crippen LogP contribution in [-0.4, -0.2) is 11.7 Å². The van der Waals surface area contributed by atoms with Gasteiger partial charge in [0.15, 0.2) is 0 Å². The fourth-order valence-electron chi connectivity index (χ4n) is 3.16. The minimum Gasteiger partial charge on any atom is -0.508 e. The van der Waals surface area contributed by atoms with Crippen molar-refractivity contribution in [2.45, 2.75) is 31.7 Å². The van der Waals surface area contributed by atoms with E-state index in [1.807, 2.05) is 30.3 Å². The summed E-state index contributed by atoms with van der Waals surface area (Å²) >= 11 is 0. The molecule has 1 atom stereocenters. The maximum Gasteiger partial charge on any atom is 0.119 e. The smallest absolute Gasteiger partial charge is 0.119 e. The summed E-state index contributed by atoms with van der Waals surface area (Å²) in [4.78, 5) is 0. The number of aromatic hydroxyl groups is 1. The van der Waals surface area contributed by atoms with Gasteiger partial charge in [0.2, 0.25) is 0 Å². The molecule has 1 aliphatic carbocycles. The largest absolute Gasteiger partial charge is 0.508 e. The third-order valence-electron chi connectivity index (χ3n) is 4.36. The van der Waals surface area contributed by atoms with E-state index >= 15 is 0 Å². The summed E-state index contributed by atoms with van der Waals surface area (Å²) in [5.41, 5.74) is 4.33. The van der Waals surface area contributed by atoms with Crippen molar-refractivity contribution in [3.05, 3.63) is 64.7 Å². The lowest BCUT2D eigenvalue weighted by Gasteiger charge is -2.14. The molecule has 0 aliphatic heterocycles. The molecule has 3 heteroatoms. The van der Waals surface area contributed by atoms with Crippen LogP contribution in [0.15, 0.2) is 42.5 Å². The summed E-state index contributed by atoms with van der Waals surface area (Å²) in [6, 6.07) is 16.1. The highest BCUT2D eigenvalue weighted by Gasteiger charge is 2.23. The molecule has 2 aromatic rings. The fraction of sp³-hybridized carbons (Fsp3) is 0.316. The molecule has 1 unspecified atom stereocenters. The van der Waals surface area contributed by atoms with Crippen molar-refractivity contribution in [2.75, 3.05) is 6.54 Å². The second-order valence-electron chi connectivity index (χ2n) is 5.80. The molecule has 3 nitrogen and oxygen atoms in total. The molecule has 0 radical (unpaired) electrons. The van der Waals surface area contributed by atoms with E-state index in [0.717, 1.165) is 37.8 Å². The Morgan fingerprint density at radius 3 is 2.77 bits per heavy atom. The molecule has 0 heterocycles. The van der Waals surface area contributed by atoms with Crippen molar-refractivity contribution in [3.8, 4) is 11.8 Å². The Bertz CT molecular complexity index is 686. The van der Waals surface area contributed by atoms with Gasteiger partial charge in [-0.2, -0.15) is 5.26 Å². The Morgan fingerprint density at radius 1 is 1.18 bits per heavy atom. The van der Waals surface area contributed by atoms with E-state index in [1.54, 1.807) is 6.07 Å². The van der Waals surface area contributed by atoms with E-state index in [1.165, 1.54) is 11.1 Å². The lowest BCUT2D eigenvalue weighted by atomic mass is 10.1. The molecule has 0 bridgehead atoms. The first kappa shape index (κ1) is 14.6. The summed E-state index contributed by atoms with van der Waals surface area (Å²) < 4.78 is 0. The zero-order chi connectivity index (χ0) is 15.4. The van der Waals surface area contributed by atoms with Crippen LogP contribution in [0.3, 0.4) is 0 Å². The normalized spacial score (nSPS) is 16.2. The van der Waals surface area contributed by atoms with Crippen LogP contribution in [0.4, 0.5) is 0 Å². The van der Waals surface area contributed by atoms with E-state index in [0.29, 0.717) is 17.4 Å². The lowest BCUT2D eigenvalue weighted by molar-refractivity contribution is 0.469. The monoisotopic (exact) mass is 292 g/mol. The maximum atomic E-state index is 9.86. The minimum atomic E-state index is 0.364. The highest BCUT2D eigenvalue weighted by atomic mass is 16.3. The third kappa shape index (κ3) is 3.13. The van der Waals surface area contributed by atoms with Crippen molar-refractivity contribution in [2.24, 2.45) is 0 Å². The Labute approximate surface area is 131 Å². The van der Waals surface area contributed by atoms with E-state index < -0.39 is 0 Å². The average molecular weight is 292 g/mol. The van der Waals surface area contributed by atoms with Crippen LogP contribution in [-0.2, 0) is 12.8 Å². The number of fused-ring (bicyclic) bond motifs is 1. The van der Waals surface area contributed by atoms with E-state index in [4.69, 9.17) is 5.26 Å². The van der Waals surface area contributed by atoms with Crippen molar-refractivity contribution >= 4 is 0 Å². The van der Waals surface area contributed by atoms with Crippen LogP contribution in [0.5, 0.6) is 5.75 Å². The number of phenols is 1. The number of nitriles is 1. The van der Waals surface area contributed by atoms with Gasteiger partial charge in [-0.3, -0.25) is 0 Å². The molecular weight excluding hydrogens is 272 g/mol. The standard InChI is InChI=1S/C19H20N2O/c20-13-15-8-6-14(7-9-15)3-2-12-21-18-11-10-17-16(18)4-1-5-19(17)22/h1,4-9,18,21-22H,2-3,10-12H2. The van der Waals surface area contributed by atoms with Gasteiger partial charge in [-0.1, -0.05) is 24.3 Å². The van der Waals surface area contributed by atoms with Crippen molar-refractivity contribution in [1.29, 1.82) is 5.26 Å². The van der Waals surface area contributed by atoms with Gasteiger partial charge >= 0.3 is 0 Å². The number of aryl methyl sites for hydroxylation is 1. The second kappa shape index (κ2) is 6.64. The van der Waals surface area contributed by atoms with Crippen LogP contribution in [0.25, 0.3) is 0 Å². The van der Waals surface area contributed by atoms with Crippen molar-refractivity contribution in [1.82, 2.24) is 5.32 Å². The van der Waals surface area contributed by atoms with Crippen LogP contribution < -0.4 is 5.32 Å². The first-order valence-electron chi connectivity index (χ1n) is 7.81. The molecule has 2 N–H and O–H groups in total. The summed E-state index contributed by atoms with van der Waals surface area (Å²) in [6.07, 6.45) is 4.09. The molecule has 1 aliphatic rings. The zero-order valence-electron chi connectivity index (χ0n) is 12.5. The molecule has 22 heavy (non-hydrogen) atoms. The van der Waals surface area contributed by atoms with Crippen molar-refractivity contribution in [3.63, 3.8) is 0 Å². The number of nitrogens with zero attached hydrogens (tertiary/aromatic N) is 1. The first-order valence-corrected chi connectivity index (χ1v) is 7.81. The van der Waals surface area contributed by atoms with Gasteiger partial charge < -0.3 is 10.4 Å². The fourth-order valence-corrected chi connectivity index (χ4v) is 3.16. The highest BCUT2D eigenvalue weighted by Crippen LogP contribution is 2.36. The molecule has 0 saturated heterocycles. The molecular formula is C19H20N2O. The summed E-state index contributed by atoms with van der Waals surface area (Å²) in [6.45, 7) is 0.958. The minimum absolute atomic E-state index is 0.364. The molecule has 3 rings (SSSR count). The Morgan fingerprint density at radius 2 is 2.00 bits per heavy atom. The number of hydrogen-bond donors (Lipinski definition) is 2. The molecule has 112 valence electrons. The average Bonchev–Trinajstić information content (AvgIpc) is 2.97. The highest BCUT2D eigenvalue weighted by molar-refractivity contribution is 5.44. The first-order chi connectivity index (χ1) is 10.8. The summed E-state index contributed by atoms with van der Waals surface area (Å²) in [5, 5.41) is 22.2. The number of benzene rings is 2. The zero-order valence-corrected chi connectivity index (χ0v) is 12.5. The quantitative estimate of drug-likeness (QED) is 0.830. The molecule has 0 fully saturated rings. The SMILES string of the molecule is N#Cc1ccc(CCCNC2CCc3c(O)cccc32)cc1. The van der Waals surface area contributed by atoms with Gasteiger partial charge in [-0.05, 0) is 67.1 Å². The predicted octanol–water partition coefficient (Wildman–Crippen LogP) is 3.47. The van der Waals surface area contributed by atoms with Gasteiger partial charge in [-0.15, -0.1) is 0 Å². The molecule has 2 aromatic carbocycles. The van der Waals surface area contributed by atoms with E-state index in [2.05, 4.69) is 17.5 Å².